The highest BCUT2D eigenvalue weighted by atomic mass is 16.6. The number of allylic oxidation sites excluding steroid dienone is 26. The standard InChI is InChI=1S/C70H110O6/c1-4-7-10-13-16-19-22-24-26-28-30-32-34-35-37-38-40-42-44-46-48-51-54-57-60-63-69(72)75-66-67(65-74-68(71)62-59-56-53-50-21-18-15-12-9-6-3)76-70(73)64-61-58-55-52-49-47-45-43-41-39-36-33-31-29-27-25-23-20-17-14-11-8-5-2/h7-8,10-12,15-17,19-20,24-27,30-33,35,37,39-42,46,48,67H,4-6,9,13-14,18,21-23,28-29,34,36,38,43-45,47,49-66H2,1-3H3/b10-7-,11-8-,15-12-,19-16-,20-17-,26-24-,27-25-,32-30-,33-31-,37-35-,41-39-,42-40-,48-46-. The average molecular weight is 1050 g/mol. The Balaban J connectivity index is 4.42. The first-order valence-corrected chi connectivity index (χ1v) is 30.5. The molecule has 1 unspecified atom stereocenters. The van der Waals surface area contributed by atoms with E-state index in [0.717, 1.165) is 173 Å². The van der Waals surface area contributed by atoms with Gasteiger partial charge in [-0.2, -0.15) is 0 Å². The van der Waals surface area contributed by atoms with Crippen LogP contribution in [0.1, 0.15) is 245 Å². The quantitative estimate of drug-likeness (QED) is 0.0261. The maximum atomic E-state index is 12.9. The molecule has 0 rings (SSSR count). The summed E-state index contributed by atoms with van der Waals surface area (Å²) in [6.07, 6.45) is 91.0. The van der Waals surface area contributed by atoms with Crippen molar-refractivity contribution in [1.82, 2.24) is 0 Å². The molecule has 6 heteroatoms. The molecule has 76 heavy (non-hydrogen) atoms. The van der Waals surface area contributed by atoms with E-state index in [-0.39, 0.29) is 31.1 Å². The van der Waals surface area contributed by atoms with Crippen LogP contribution in [0.25, 0.3) is 0 Å². The number of carbonyl (C=O) groups excluding carboxylic acids is 3. The fourth-order valence-corrected chi connectivity index (χ4v) is 7.74. The van der Waals surface area contributed by atoms with Gasteiger partial charge in [0.2, 0.25) is 0 Å². The Morgan fingerprint density at radius 2 is 0.513 bits per heavy atom. The van der Waals surface area contributed by atoms with E-state index in [4.69, 9.17) is 14.2 Å². The SMILES string of the molecule is CC/C=C\C/C=C\C/C=C\C/C=C\C/C=C\C/C=C\C/C=C\CCCCCC(=O)OCC(COC(=O)CCCCCCC/C=C\CCC)OC(=O)CCCCCCCCC/C=C\C/C=C\C/C=C\C/C=C\C/C=C\CC. The lowest BCUT2D eigenvalue weighted by Crippen LogP contribution is -2.30. The van der Waals surface area contributed by atoms with E-state index in [1.165, 1.54) is 32.1 Å². The molecule has 0 N–H and O–H groups in total. The van der Waals surface area contributed by atoms with Crippen LogP contribution in [-0.2, 0) is 28.6 Å². The molecular formula is C70H110O6. The van der Waals surface area contributed by atoms with Crippen LogP contribution in [0.3, 0.4) is 0 Å². The molecule has 0 aliphatic carbocycles. The third-order valence-corrected chi connectivity index (χ3v) is 12.2. The first-order chi connectivity index (χ1) is 37.5. The van der Waals surface area contributed by atoms with Crippen LogP contribution in [0, 0.1) is 0 Å². The van der Waals surface area contributed by atoms with Gasteiger partial charge in [0.25, 0.3) is 0 Å². The lowest BCUT2D eigenvalue weighted by molar-refractivity contribution is -0.167. The predicted octanol–water partition coefficient (Wildman–Crippen LogP) is 20.9. The number of rotatable bonds is 53. The maximum Gasteiger partial charge on any atom is 0.306 e. The zero-order valence-corrected chi connectivity index (χ0v) is 48.7. The van der Waals surface area contributed by atoms with Crippen molar-refractivity contribution in [2.45, 2.75) is 252 Å². The molecule has 0 saturated carbocycles. The fourth-order valence-electron chi connectivity index (χ4n) is 7.74. The fraction of sp³-hybridized carbons (Fsp3) is 0.586. The Labute approximate surface area is 467 Å². The van der Waals surface area contributed by atoms with Gasteiger partial charge in [0, 0.05) is 19.3 Å². The summed E-state index contributed by atoms with van der Waals surface area (Å²) in [5, 5.41) is 0. The van der Waals surface area contributed by atoms with Crippen LogP contribution in [0.15, 0.2) is 158 Å². The molecule has 0 aliphatic heterocycles. The molecule has 1 atom stereocenters. The summed E-state index contributed by atoms with van der Waals surface area (Å²) in [6, 6.07) is 0. The molecule has 426 valence electrons. The molecule has 6 nitrogen and oxygen atoms in total. The van der Waals surface area contributed by atoms with E-state index >= 15 is 0 Å². The van der Waals surface area contributed by atoms with Crippen molar-refractivity contribution in [2.75, 3.05) is 13.2 Å². The number of unbranched alkanes of at least 4 members (excludes halogenated alkanes) is 16. The lowest BCUT2D eigenvalue weighted by Gasteiger charge is -2.18. The number of ether oxygens (including phenoxy) is 3. The summed E-state index contributed by atoms with van der Waals surface area (Å²) >= 11 is 0. The molecule has 0 aromatic rings. The Kier molecular flexibility index (Phi) is 58.5. The van der Waals surface area contributed by atoms with Crippen molar-refractivity contribution >= 4 is 17.9 Å². The molecular weight excluding hydrogens is 937 g/mol. The Morgan fingerprint density at radius 1 is 0.276 bits per heavy atom. The minimum atomic E-state index is -0.810. The normalized spacial score (nSPS) is 13.2. The number of hydrogen-bond acceptors (Lipinski definition) is 6. The van der Waals surface area contributed by atoms with E-state index < -0.39 is 6.10 Å². The first-order valence-electron chi connectivity index (χ1n) is 30.5. The number of hydrogen-bond donors (Lipinski definition) is 0. The van der Waals surface area contributed by atoms with Gasteiger partial charge in [-0.25, -0.2) is 0 Å². The Morgan fingerprint density at radius 3 is 0.829 bits per heavy atom. The van der Waals surface area contributed by atoms with Crippen molar-refractivity contribution in [3.05, 3.63) is 158 Å². The monoisotopic (exact) mass is 1050 g/mol. The highest BCUT2D eigenvalue weighted by Crippen LogP contribution is 2.14. The molecule has 0 saturated heterocycles. The largest absolute Gasteiger partial charge is 0.462 e. The summed E-state index contributed by atoms with van der Waals surface area (Å²) in [4.78, 5) is 38.2. The second-order valence-corrected chi connectivity index (χ2v) is 19.5. The zero-order chi connectivity index (χ0) is 55.0. The van der Waals surface area contributed by atoms with Crippen LogP contribution in [-0.4, -0.2) is 37.2 Å². The van der Waals surface area contributed by atoms with Gasteiger partial charge in [-0.15, -0.1) is 0 Å². The van der Waals surface area contributed by atoms with Gasteiger partial charge in [-0.1, -0.05) is 243 Å². The van der Waals surface area contributed by atoms with Crippen LogP contribution in [0.4, 0.5) is 0 Å². The van der Waals surface area contributed by atoms with Crippen molar-refractivity contribution in [2.24, 2.45) is 0 Å². The Hall–Kier alpha value is -4.97. The van der Waals surface area contributed by atoms with Gasteiger partial charge in [-0.05, 0) is 141 Å². The number of carbonyl (C=O) groups is 3. The van der Waals surface area contributed by atoms with E-state index in [1.54, 1.807) is 0 Å². The van der Waals surface area contributed by atoms with E-state index in [0.29, 0.717) is 19.3 Å². The second-order valence-electron chi connectivity index (χ2n) is 19.5. The smallest absolute Gasteiger partial charge is 0.306 e. The molecule has 0 bridgehead atoms. The van der Waals surface area contributed by atoms with Gasteiger partial charge < -0.3 is 14.2 Å². The van der Waals surface area contributed by atoms with E-state index in [2.05, 4.69) is 179 Å². The highest BCUT2D eigenvalue weighted by molar-refractivity contribution is 5.71. The number of esters is 3. The van der Waals surface area contributed by atoms with Crippen LogP contribution in [0.2, 0.25) is 0 Å². The van der Waals surface area contributed by atoms with Gasteiger partial charge in [0.1, 0.15) is 13.2 Å². The molecule has 0 radical (unpaired) electrons. The topological polar surface area (TPSA) is 78.9 Å². The molecule has 0 fully saturated rings. The van der Waals surface area contributed by atoms with Gasteiger partial charge in [0.15, 0.2) is 6.10 Å². The van der Waals surface area contributed by atoms with Gasteiger partial charge in [0.05, 0.1) is 0 Å². The minimum Gasteiger partial charge on any atom is -0.462 e. The molecule has 0 aliphatic rings. The summed E-state index contributed by atoms with van der Waals surface area (Å²) in [7, 11) is 0. The van der Waals surface area contributed by atoms with Crippen LogP contribution >= 0.6 is 0 Å². The third-order valence-electron chi connectivity index (χ3n) is 12.2. The maximum absolute atomic E-state index is 12.9. The van der Waals surface area contributed by atoms with Gasteiger partial charge in [-0.3, -0.25) is 14.4 Å². The van der Waals surface area contributed by atoms with Crippen LogP contribution < -0.4 is 0 Å². The highest BCUT2D eigenvalue weighted by Gasteiger charge is 2.19. The van der Waals surface area contributed by atoms with Crippen molar-refractivity contribution in [3.63, 3.8) is 0 Å². The van der Waals surface area contributed by atoms with E-state index in [1.807, 2.05) is 0 Å². The first kappa shape index (κ1) is 71.0. The molecule has 0 aromatic heterocycles. The average Bonchev–Trinajstić information content (AvgIpc) is 3.42. The van der Waals surface area contributed by atoms with Crippen molar-refractivity contribution < 1.29 is 28.6 Å². The van der Waals surface area contributed by atoms with E-state index in [9.17, 15) is 14.4 Å². The molecule has 0 heterocycles. The summed E-state index contributed by atoms with van der Waals surface area (Å²) < 4.78 is 16.8. The molecule has 0 aromatic carbocycles. The summed E-state index contributed by atoms with van der Waals surface area (Å²) in [5.41, 5.74) is 0. The summed E-state index contributed by atoms with van der Waals surface area (Å²) in [6.45, 7) is 6.29. The zero-order valence-electron chi connectivity index (χ0n) is 48.7. The second kappa shape index (κ2) is 62.6. The van der Waals surface area contributed by atoms with Crippen molar-refractivity contribution in [3.8, 4) is 0 Å². The lowest BCUT2D eigenvalue weighted by atomic mass is 10.1. The predicted molar refractivity (Wildman–Crippen MR) is 329 cm³/mol. The summed E-state index contributed by atoms with van der Waals surface area (Å²) in [5.74, 6) is -0.967. The third kappa shape index (κ3) is 59.9. The minimum absolute atomic E-state index is 0.105. The van der Waals surface area contributed by atoms with Gasteiger partial charge >= 0.3 is 17.9 Å². The molecule has 0 spiro atoms. The van der Waals surface area contributed by atoms with Crippen molar-refractivity contribution in [1.29, 1.82) is 0 Å². The van der Waals surface area contributed by atoms with Crippen LogP contribution in [0.5, 0.6) is 0 Å². The molecule has 0 amide bonds. The Bertz CT molecular complexity index is 1720.